The van der Waals surface area contributed by atoms with E-state index in [2.05, 4.69) is 82.3 Å². The first-order valence-corrected chi connectivity index (χ1v) is 14.6. The molecule has 3 heterocycles. The van der Waals surface area contributed by atoms with E-state index in [1.807, 2.05) is 29.0 Å². The van der Waals surface area contributed by atoms with E-state index in [1.54, 1.807) is 0 Å². The fraction of sp³-hybridized carbons (Fsp3) is 0.516. The van der Waals surface area contributed by atoms with Crippen molar-refractivity contribution in [1.82, 2.24) is 34.7 Å². The number of aromatic nitrogens is 7. The average molecular weight is 528 g/mol. The lowest BCUT2D eigenvalue weighted by atomic mass is 9.80. The Hall–Kier alpha value is -3.55. The van der Waals surface area contributed by atoms with Gasteiger partial charge in [0.15, 0.2) is 5.82 Å². The standard InChI is InChI=1S/C31H41N7O/c1-5-6-13-27-20-38(29-22(4)10-7-8-14-28(29)21(2)3)31(39)37(27)19-26-18-24(15-16-32-26)23-11-9-12-25(17-23)30-33-35-36-34-30/h9,11-12,15-18,20-22,28-29H,5-8,10,13-14,19H2,1-4H3,(H,33,34,35,36). The Morgan fingerprint density at radius 1 is 1.08 bits per heavy atom. The molecule has 0 bridgehead atoms. The van der Waals surface area contributed by atoms with E-state index < -0.39 is 0 Å². The van der Waals surface area contributed by atoms with Gasteiger partial charge in [0.05, 0.1) is 12.2 Å². The molecular formula is C31H41N7O. The monoisotopic (exact) mass is 527 g/mol. The maximum Gasteiger partial charge on any atom is 0.328 e. The molecule has 3 aromatic heterocycles. The van der Waals surface area contributed by atoms with Crippen LogP contribution in [0.2, 0.25) is 0 Å². The topological polar surface area (TPSA) is 94.3 Å². The molecule has 1 aliphatic carbocycles. The first-order valence-electron chi connectivity index (χ1n) is 14.6. The number of nitrogens with zero attached hydrogens (tertiary/aromatic N) is 6. The largest absolute Gasteiger partial charge is 0.328 e. The number of benzene rings is 1. The maximum atomic E-state index is 14.1. The minimum absolute atomic E-state index is 0.109. The van der Waals surface area contributed by atoms with Crippen LogP contribution >= 0.6 is 0 Å². The third-order valence-corrected chi connectivity index (χ3v) is 8.47. The quantitative estimate of drug-likeness (QED) is 0.258. The number of unbranched alkanes of at least 4 members (excludes halogenated alkanes) is 1. The Morgan fingerprint density at radius 3 is 2.64 bits per heavy atom. The van der Waals surface area contributed by atoms with Crippen molar-refractivity contribution in [3.05, 3.63) is 70.7 Å². The molecule has 0 saturated heterocycles. The number of hydrogen-bond acceptors (Lipinski definition) is 5. The number of imidazole rings is 1. The maximum absolute atomic E-state index is 14.1. The normalized spacial score (nSPS) is 19.9. The third kappa shape index (κ3) is 5.89. The highest BCUT2D eigenvalue weighted by atomic mass is 16.1. The second-order valence-electron chi connectivity index (χ2n) is 11.5. The lowest BCUT2D eigenvalue weighted by molar-refractivity contribution is 0.188. The molecule has 3 unspecified atom stereocenters. The highest BCUT2D eigenvalue weighted by molar-refractivity contribution is 5.70. The van der Waals surface area contributed by atoms with Gasteiger partial charge in [0.25, 0.3) is 0 Å². The predicted octanol–water partition coefficient (Wildman–Crippen LogP) is 6.31. The minimum atomic E-state index is 0.109. The van der Waals surface area contributed by atoms with Crippen LogP contribution in [0.4, 0.5) is 0 Å². The molecule has 39 heavy (non-hydrogen) atoms. The fourth-order valence-electron chi connectivity index (χ4n) is 6.34. The van der Waals surface area contributed by atoms with E-state index in [0.29, 0.717) is 30.1 Å². The van der Waals surface area contributed by atoms with E-state index in [-0.39, 0.29) is 11.7 Å². The molecule has 1 aromatic carbocycles. The number of hydrogen-bond donors (Lipinski definition) is 1. The molecule has 8 heteroatoms. The summed E-state index contributed by atoms with van der Waals surface area (Å²) >= 11 is 0. The molecule has 0 amide bonds. The van der Waals surface area contributed by atoms with Gasteiger partial charge in [-0.1, -0.05) is 65.2 Å². The van der Waals surface area contributed by atoms with E-state index in [1.165, 1.54) is 25.7 Å². The van der Waals surface area contributed by atoms with Gasteiger partial charge in [-0.15, -0.1) is 5.10 Å². The van der Waals surface area contributed by atoms with Crippen LogP contribution in [-0.2, 0) is 13.0 Å². The number of aromatic amines is 1. The van der Waals surface area contributed by atoms with Crippen LogP contribution in [0.1, 0.15) is 83.6 Å². The van der Waals surface area contributed by atoms with Gasteiger partial charge >= 0.3 is 5.69 Å². The van der Waals surface area contributed by atoms with Crippen LogP contribution in [0, 0.1) is 17.8 Å². The van der Waals surface area contributed by atoms with E-state index in [4.69, 9.17) is 0 Å². The van der Waals surface area contributed by atoms with E-state index in [0.717, 1.165) is 47.3 Å². The highest BCUT2D eigenvalue weighted by Gasteiger charge is 2.34. The molecule has 0 aliphatic heterocycles. The second kappa shape index (κ2) is 12.1. The molecule has 1 N–H and O–H groups in total. The number of rotatable bonds is 9. The summed E-state index contributed by atoms with van der Waals surface area (Å²) in [6, 6.07) is 12.5. The summed E-state index contributed by atoms with van der Waals surface area (Å²) in [4.78, 5) is 18.8. The van der Waals surface area contributed by atoms with Crippen molar-refractivity contribution in [1.29, 1.82) is 0 Å². The molecule has 206 valence electrons. The van der Waals surface area contributed by atoms with Crippen LogP contribution in [-0.4, -0.2) is 34.7 Å². The van der Waals surface area contributed by atoms with Crippen LogP contribution in [0.3, 0.4) is 0 Å². The first kappa shape index (κ1) is 27.0. The zero-order valence-corrected chi connectivity index (χ0v) is 23.7. The van der Waals surface area contributed by atoms with Crippen molar-refractivity contribution in [2.24, 2.45) is 17.8 Å². The predicted molar refractivity (Wildman–Crippen MR) is 154 cm³/mol. The van der Waals surface area contributed by atoms with Gasteiger partial charge in [0, 0.05) is 29.7 Å². The first-order chi connectivity index (χ1) is 19.0. The molecule has 1 saturated carbocycles. The van der Waals surface area contributed by atoms with Crippen molar-refractivity contribution in [3.63, 3.8) is 0 Å². The molecule has 0 spiro atoms. The number of aryl methyl sites for hydroxylation is 1. The Labute approximate surface area is 230 Å². The summed E-state index contributed by atoms with van der Waals surface area (Å²) in [5.41, 5.74) is 5.13. The summed E-state index contributed by atoms with van der Waals surface area (Å²) < 4.78 is 4.08. The summed E-state index contributed by atoms with van der Waals surface area (Å²) in [5, 5.41) is 14.3. The zero-order valence-electron chi connectivity index (χ0n) is 23.7. The van der Waals surface area contributed by atoms with Crippen molar-refractivity contribution in [3.8, 4) is 22.5 Å². The highest BCUT2D eigenvalue weighted by Crippen LogP contribution is 2.40. The molecular weight excluding hydrogens is 486 g/mol. The Kier molecular flexibility index (Phi) is 8.38. The van der Waals surface area contributed by atoms with Crippen molar-refractivity contribution in [2.45, 2.75) is 85.2 Å². The molecule has 1 fully saturated rings. The van der Waals surface area contributed by atoms with Gasteiger partial charge in [0.1, 0.15) is 0 Å². The average Bonchev–Trinajstić information content (AvgIpc) is 3.53. The summed E-state index contributed by atoms with van der Waals surface area (Å²) in [5.74, 6) is 2.18. The Balaban J connectivity index is 1.49. The lowest BCUT2D eigenvalue weighted by Crippen LogP contribution is -2.35. The number of pyridine rings is 1. The summed E-state index contributed by atoms with van der Waals surface area (Å²) in [6.45, 7) is 9.65. The van der Waals surface area contributed by atoms with Crippen molar-refractivity contribution < 1.29 is 0 Å². The van der Waals surface area contributed by atoms with Crippen molar-refractivity contribution in [2.75, 3.05) is 0 Å². The second-order valence-corrected chi connectivity index (χ2v) is 11.5. The van der Waals surface area contributed by atoms with E-state index in [9.17, 15) is 4.79 Å². The van der Waals surface area contributed by atoms with Crippen LogP contribution < -0.4 is 5.69 Å². The number of nitrogens with one attached hydrogen (secondary N) is 1. The van der Waals surface area contributed by atoms with Crippen LogP contribution in [0.25, 0.3) is 22.5 Å². The zero-order chi connectivity index (χ0) is 27.4. The molecule has 0 radical (unpaired) electrons. The number of H-pyrrole nitrogens is 1. The summed E-state index contributed by atoms with van der Waals surface area (Å²) in [6.07, 6.45) is 12.0. The third-order valence-electron chi connectivity index (χ3n) is 8.47. The van der Waals surface area contributed by atoms with Crippen molar-refractivity contribution >= 4 is 0 Å². The lowest BCUT2D eigenvalue weighted by Gasteiger charge is -2.33. The molecule has 5 rings (SSSR count). The fourth-order valence-corrected chi connectivity index (χ4v) is 6.34. The SMILES string of the molecule is CCCCc1cn(C2C(C)CCCCC2C(C)C)c(=O)n1Cc1cc(-c2cccc(-c3nnn[nH]3)c2)ccn1. The van der Waals surface area contributed by atoms with E-state index >= 15 is 0 Å². The Bertz CT molecular complexity index is 1420. The van der Waals surface area contributed by atoms with Gasteiger partial charge in [-0.25, -0.2) is 9.89 Å². The van der Waals surface area contributed by atoms with Gasteiger partial charge in [-0.3, -0.25) is 14.1 Å². The van der Waals surface area contributed by atoms with Gasteiger partial charge < -0.3 is 0 Å². The van der Waals surface area contributed by atoms with Gasteiger partial charge in [-0.05, 0) is 83.2 Å². The summed E-state index contributed by atoms with van der Waals surface area (Å²) in [7, 11) is 0. The molecule has 3 atom stereocenters. The smallest absolute Gasteiger partial charge is 0.295 e. The van der Waals surface area contributed by atoms with Gasteiger partial charge in [0.2, 0.25) is 0 Å². The molecule has 4 aromatic rings. The molecule has 1 aliphatic rings. The van der Waals surface area contributed by atoms with Crippen LogP contribution in [0.15, 0.2) is 53.6 Å². The minimum Gasteiger partial charge on any atom is -0.295 e. The van der Waals surface area contributed by atoms with Gasteiger partial charge in [-0.2, -0.15) is 0 Å². The van der Waals surface area contributed by atoms with Crippen LogP contribution in [0.5, 0.6) is 0 Å². The Morgan fingerprint density at radius 2 is 1.87 bits per heavy atom. The molecule has 8 nitrogen and oxygen atoms in total. The number of tetrazole rings is 1.